The topological polar surface area (TPSA) is 26.0 Å². The third-order valence-electron chi connectivity index (χ3n) is 3.31. The molecule has 1 nitrogen and oxygen atoms in total. The van der Waals surface area contributed by atoms with Crippen LogP contribution in [0.2, 0.25) is 0 Å². The van der Waals surface area contributed by atoms with Crippen LogP contribution in [-0.4, -0.2) is 6.04 Å². The van der Waals surface area contributed by atoms with Gasteiger partial charge < -0.3 is 5.73 Å². The number of hydrogen-bond donors (Lipinski definition) is 1. The fourth-order valence-electron chi connectivity index (χ4n) is 2.30. The fourth-order valence-corrected chi connectivity index (χ4v) is 2.30. The molecule has 18 heavy (non-hydrogen) atoms. The summed E-state index contributed by atoms with van der Waals surface area (Å²) in [6, 6.07) is 6.92. The Morgan fingerprint density at radius 2 is 1.78 bits per heavy atom. The Labute approximate surface area is 112 Å². The fraction of sp³-hybridized carbons (Fsp3) is 0.529. The van der Waals surface area contributed by atoms with Gasteiger partial charge >= 0.3 is 0 Å². The second kappa shape index (κ2) is 7.38. The van der Waals surface area contributed by atoms with E-state index >= 15 is 0 Å². The van der Waals surface area contributed by atoms with Crippen LogP contribution in [0.15, 0.2) is 30.4 Å². The monoisotopic (exact) mass is 245 g/mol. The third kappa shape index (κ3) is 5.05. The number of rotatable bonds is 6. The number of hydrogen-bond acceptors (Lipinski definition) is 1. The van der Waals surface area contributed by atoms with E-state index in [1.165, 1.54) is 23.1 Å². The average molecular weight is 245 g/mol. The lowest BCUT2D eigenvalue weighted by Crippen LogP contribution is -2.27. The van der Waals surface area contributed by atoms with Crippen molar-refractivity contribution in [3.8, 4) is 0 Å². The van der Waals surface area contributed by atoms with Gasteiger partial charge in [0.25, 0.3) is 0 Å². The summed E-state index contributed by atoms with van der Waals surface area (Å²) in [5.41, 5.74) is 10.3. The van der Waals surface area contributed by atoms with E-state index in [2.05, 4.69) is 58.0 Å². The first kappa shape index (κ1) is 15.0. The van der Waals surface area contributed by atoms with Gasteiger partial charge in [0.05, 0.1) is 0 Å². The van der Waals surface area contributed by atoms with Crippen LogP contribution >= 0.6 is 0 Å². The maximum absolute atomic E-state index is 6.20. The highest BCUT2D eigenvalue weighted by molar-refractivity contribution is 5.29. The standard InChI is InChI=1S/C17H27N/c1-5-6-7-8-17(18)15(4)12-16-10-13(2)9-14(3)11-16/h7-11,15,17H,5-6,12,18H2,1-4H3/b8-7-. The molecule has 1 aromatic rings. The van der Waals surface area contributed by atoms with E-state index in [0.29, 0.717) is 5.92 Å². The van der Waals surface area contributed by atoms with Gasteiger partial charge in [-0.2, -0.15) is 0 Å². The molecule has 0 saturated carbocycles. The molecule has 2 atom stereocenters. The van der Waals surface area contributed by atoms with Crippen LogP contribution < -0.4 is 5.73 Å². The molecule has 0 fully saturated rings. The highest BCUT2D eigenvalue weighted by atomic mass is 14.6. The Morgan fingerprint density at radius 1 is 1.17 bits per heavy atom. The van der Waals surface area contributed by atoms with Gasteiger partial charge in [0.15, 0.2) is 0 Å². The van der Waals surface area contributed by atoms with Gasteiger partial charge in [-0.25, -0.2) is 0 Å². The minimum absolute atomic E-state index is 0.164. The van der Waals surface area contributed by atoms with Crippen LogP contribution in [0.4, 0.5) is 0 Å². The molecule has 2 unspecified atom stereocenters. The van der Waals surface area contributed by atoms with Gasteiger partial charge in [-0.05, 0) is 38.2 Å². The quantitative estimate of drug-likeness (QED) is 0.748. The molecule has 2 N–H and O–H groups in total. The summed E-state index contributed by atoms with van der Waals surface area (Å²) >= 11 is 0. The molecule has 0 bridgehead atoms. The van der Waals surface area contributed by atoms with E-state index < -0.39 is 0 Å². The predicted molar refractivity (Wildman–Crippen MR) is 80.8 cm³/mol. The van der Waals surface area contributed by atoms with Gasteiger partial charge in [0.1, 0.15) is 0 Å². The first-order valence-corrected chi connectivity index (χ1v) is 7.02. The molecule has 100 valence electrons. The summed E-state index contributed by atoms with van der Waals surface area (Å²) in [6.45, 7) is 8.73. The number of aryl methyl sites for hydroxylation is 2. The zero-order valence-electron chi connectivity index (χ0n) is 12.2. The van der Waals surface area contributed by atoms with Crippen molar-refractivity contribution < 1.29 is 0 Å². The Morgan fingerprint density at radius 3 is 2.33 bits per heavy atom. The van der Waals surface area contributed by atoms with Gasteiger partial charge in [-0.3, -0.25) is 0 Å². The van der Waals surface area contributed by atoms with Crippen molar-refractivity contribution >= 4 is 0 Å². The SMILES string of the molecule is CCC/C=C\C(N)C(C)Cc1cc(C)cc(C)c1. The van der Waals surface area contributed by atoms with Crippen molar-refractivity contribution in [2.45, 2.75) is 53.0 Å². The van der Waals surface area contributed by atoms with Gasteiger partial charge in [0, 0.05) is 6.04 Å². The van der Waals surface area contributed by atoms with Crippen molar-refractivity contribution in [3.63, 3.8) is 0 Å². The van der Waals surface area contributed by atoms with Crippen molar-refractivity contribution in [2.75, 3.05) is 0 Å². The Balaban J connectivity index is 2.60. The molecule has 0 radical (unpaired) electrons. The number of benzene rings is 1. The van der Waals surface area contributed by atoms with Gasteiger partial charge in [-0.1, -0.05) is 61.7 Å². The van der Waals surface area contributed by atoms with E-state index in [0.717, 1.165) is 12.8 Å². The van der Waals surface area contributed by atoms with Gasteiger partial charge in [0.2, 0.25) is 0 Å². The molecule has 0 spiro atoms. The minimum atomic E-state index is 0.164. The molecule has 0 heterocycles. The molecule has 0 amide bonds. The van der Waals surface area contributed by atoms with Crippen LogP contribution in [0.3, 0.4) is 0 Å². The molecule has 0 aromatic heterocycles. The zero-order chi connectivity index (χ0) is 13.5. The molecule has 0 aliphatic carbocycles. The average Bonchev–Trinajstić information content (AvgIpc) is 2.27. The predicted octanol–water partition coefficient (Wildman–Crippen LogP) is 4.17. The first-order chi connectivity index (χ1) is 8.52. The van der Waals surface area contributed by atoms with Crippen LogP contribution in [0.5, 0.6) is 0 Å². The molecule has 1 rings (SSSR count). The van der Waals surface area contributed by atoms with Crippen LogP contribution in [-0.2, 0) is 6.42 Å². The summed E-state index contributed by atoms with van der Waals surface area (Å²) in [7, 11) is 0. The summed E-state index contributed by atoms with van der Waals surface area (Å²) in [6.07, 6.45) is 7.75. The van der Waals surface area contributed by atoms with Crippen LogP contribution in [0, 0.1) is 19.8 Å². The highest BCUT2D eigenvalue weighted by Gasteiger charge is 2.10. The van der Waals surface area contributed by atoms with E-state index in [1.54, 1.807) is 0 Å². The largest absolute Gasteiger partial charge is 0.324 e. The summed E-state index contributed by atoms with van der Waals surface area (Å²) in [5, 5.41) is 0. The summed E-state index contributed by atoms with van der Waals surface area (Å²) < 4.78 is 0. The lowest BCUT2D eigenvalue weighted by atomic mass is 9.92. The number of unbranched alkanes of at least 4 members (excludes halogenated alkanes) is 1. The number of allylic oxidation sites excluding steroid dienone is 1. The zero-order valence-corrected chi connectivity index (χ0v) is 12.2. The Bertz CT molecular complexity index is 372. The molecular weight excluding hydrogens is 218 g/mol. The van der Waals surface area contributed by atoms with Crippen LogP contribution in [0.1, 0.15) is 43.4 Å². The highest BCUT2D eigenvalue weighted by Crippen LogP contribution is 2.15. The van der Waals surface area contributed by atoms with E-state index in [-0.39, 0.29) is 6.04 Å². The van der Waals surface area contributed by atoms with E-state index in [4.69, 9.17) is 5.73 Å². The minimum Gasteiger partial charge on any atom is -0.324 e. The third-order valence-corrected chi connectivity index (χ3v) is 3.31. The summed E-state index contributed by atoms with van der Waals surface area (Å²) in [4.78, 5) is 0. The van der Waals surface area contributed by atoms with E-state index in [1.807, 2.05) is 0 Å². The Hall–Kier alpha value is -1.08. The molecule has 1 heteroatoms. The second-order valence-electron chi connectivity index (χ2n) is 5.47. The van der Waals surface area contributed by atoms with Crippen molar-refractivity contribution in [1.82, 2.24) is 0 Å². The maximum Gasteiger partial charge on any atom is 0.0252 e. The van der Waals surface area contributed by atoms with Crippen molar-refractivity contribution in [2.24, 2.45) is 11.7 Å². The first-order valence-electron chi connectivity index (χ1n) is 7.02. The molecule has 0 aliphatic rings. The molecule has 0 aliphatic heterocycles. The molecule has 1 aromatic carbocycles. The maximum atomic E-state index is 6.20. The smallest absolute Gasteiger partial charge is 0.0252 e. The van der Waals surface area contributed by atoms with Gasteiger partial charge in [-0.15, -0.1) is 0 Å². The van der Waals surface area contributed by atoms with Crippen molar-refractivity contribution in [1.29, 1.82) is 0 Å². The lowest BCUT2D eigenvalue weighted by molar-refractivity contribution is 0.515. The normalized spacial score (nSPS) is 14.9. The molecular formula is C17H27N. The lowest BCUT2D eigenvalue weighted by Gasteiger charge is -2.17. The molecule has 0 saturated heterocycles. The van der Waals surface area contributed by atoms with Crippen LogP contribution in [0.25, 0.3) is 0 Å². The van der Waals surface area contributed by atoms with E-state index in [9.17, 15) is 0 Å². The summed E-state index contributed by atoms with van der Waals surface area (Å²) in [5.74, 6) is 0.485. The number of nitrogens with two attached hydrogens (primary N) is 1. The second-order valence-corrected chi connectivity index (χ2v) is 5.47. The van der Waals surface area contributed by atoms with Crippen molar-refractivity contribution in [3.05, 3.63) is 47.0 Å². The Kier molecular flexibility index (Phi) is 6.14.